The third-order valence-electron chi connectivity index (χ3n) is 6.18. The van der Waals surface area contributed by atoms with E-state index >= 15 is 0 Å². The Morgan fingerprint density at radius 3 is 2.94 bits per heavy atom. The van der Waals surface area contributed by atoms with Crippen LogP contribution in [0.25, 0.3) is 11.2 Å². The SMILES string of the molecule is CC(NC(=O)Cc1ncn2ccc(Cl)cc12)c1cn(Cc2cn3cc(C4CC4)ccc3n2)nn1. The number of carbonyl (C=O) groups excluding carboxylic acids is 1. The third-order valence-corrected chi connectivity index (χ3v) is 6.42. The molecule has 0 aromatic carbocycles. The minimum absolute atomic E-state index is 0.144. The summed E-state index contributed by atoms with van der Waals surface area (Å²) in [4.78, 5) is 21.7. The third kappa shape index (κ3) is 4.14. The van der Waals surface area contributed by atoms with Crippen molar-refractivity contribution >= 4 is 28.7 Å². The molecule has 5 aromatic rings. The molecule has 0 spiro atoms. The molecule has 1 aliphatic carbocycles. The molecular formula is C24H23ClN8O. The Balaban J connectivity index is 1.11. The van der Waals surface area contributed by atoms with Gasteiger partial charge in [-0.3, -0.25) is 4.79 Å². The zero-order valence-electron chi connectivity index (χ0n) is 18.6. The van der Waals surface area contributed by atoms with Crippen molar-refractivity contribution in [1.82, 2.24) is 39.1 Å². The van der Waals surface area contributed by atoms with Gasteiger partial charge in [0, 0.05) is 23.6 Å². The van der Waals surface area contributed by atoms with Crippen LogP contribution in [0.15, 0.2) is 55.4 Å². The van der Waals surface area contributed by atoms with E-state index in [0.29, 0.717) is 28.9 Å². The molecule has 5 aromatic heterocycles. The van der Waals surface area contributed by atoms with Crippen molar-refractivity contribution in [3.05, 3.63) is 83.0 Å². The molecule has 1 saturated carbocycles. The van der Waals surface area contributed by atoms with E-state index in [-0.39, 0.29) is 18.4 Å². The van der Waals surface area contributed by atoms with Gasteiger partial charge >= 0.3 is 0 Å². The number of rotatable bonds is 7. The smallest absolute Gasteiger partial charge is 0.226 e. The second-order valence-electron chi connectivity index (χ2n) is 8.87. The van der Waals surface area contributed by atoms with E-state index < -0.39 is 0 Å². The summed E-state index contributed by atoms with van der Waals surface area (Å²) < 4.78 is 5.67. The Bertz CT molecular complexity index is 1510. The molecule has 34 heavy (non-hydrogen) atoms. The minimum Gasteiger partial charge on any atom is -0.348 e. The number of halogens is 1. The number of amides is 1. The molecule has 1 amide bonds. The Labute approximate surface area is 200 Å². The van der Waals surface area contributed by atoms with Crippen molar-refractivity contribution in [2.45, 2.75) is 44.7 Å². The standard InChI is InChI=1S/C24H23ClN8O/c1-15(27-24(34)9-20-22-8-18(25)6-7-31(22)14-26-20)21-13-33(30-29-21)12-19-11-32-10-17(16-2-3-16)4-5-23(32)28-19/h4-8,10-11,13-16H,2-3,9,12H2,1H3,(H,27,34). The summed E-state index contributed by atoms with van der Waals surface area (Å²) in [6.45, 7) is 2.40. The largest absolute Gasteiger partial charge is 0.348 e. The summed E-state index contributed by atoms with van der Waals surface area (Å²) in [5.74, 6) is 0.560. The van der Waals surface area contributed by atoms with Crippen molar-refractivity contribution in [3.8, 4) is 0 Å². The van der Waals surface area contributed by atoms with Crippen molar-refractivity contribution in [2.24, 2.45) is 0 Å². The number of imidazole rings is 2. The number of hydrogen-bond acceptors (Lipinski definition) is 5. The number of nitrogens with zero attached hydrogens (tertiary/aromatic N) is 7. The van der Waals surface area contributed by atoms with Gasteiger partial charge in [0.15, 0.2) is 0 Å². The van der Waals surface area contributed by atoms with E-state index in [0.717, 1.165) is 16.9 Å². The van der Waals surface area contributed by atoms with Crippen LogP contribution in [0.1, 0.15) is 54.4 Å². The zero-order chi connectivity index (χ0) is 23.2. The number of pyridine rings is 2. The molecule has 6 rings (SSSR count). The van der Waals surface area contributed by atoms with E-state index in [4.69, 9.17) is 16.6 Å². The Morgan fingerprint density at radius 1 is 1.21 bits per heavy atom. The predicted molar refractivity (Wildman–Crippen MR) is 127 cm³/mol. The van der Waals surface area contributed by atoms with E-state index in [2.05, 4.69) is 43.3 Å². The van der Waals surface area contributed by atoms with Crippen LogP contribution in [0.4, 0.5) is 0 Å². The van der Waals surface area contributed by atoms with Crippen molar-refractivity contribution in [2.75, 3.05) is 0 Å². The monoisotopic (exact) mass is 474 g/mol. The van der Waals surface area contributed by atoms with Crippen LogP contribution in [-0.2, 0) is 17.8 Å². The molecule has 1 unspecified atom stereocenters. The number of fused-ring (bicyclic) bond motifs is 2. The van der Waals surface area contributed by atoms with Gasteiger partial charge in [-0.15, -0.1) is 5.10 Å². The summed E-state index contributed by atoms with van der Waals surface area (Å²) in [7, 11) is 0. The van der Waals surface area contributed by atoms with Gasteiger partial charge in [0.2, 0.25) is 5.91 Å². The second kappa shape index (κ2) is 8.25. The summed E-state index contributed by atoms with van der Waals surface area (Å²) in [6.07, 6.45) is 12.3. The molecule has 172 valence electrons. The Hall–Kier alpha value is -3.72. The molecule has 1 atom stereocenters. The second-order valence-corrected chi connectivity index (χ2v) is 9.31. The van der Waals surface area contributed by atoms with Crippen LogP contribution in [0.2, 0.25) is 5.02 Å². The van der Waals surface area contributed by atoms with Crippen LogP contribution in [0, 0.1) is 0 Å². The molecular weight excluding hydrogens is 452 g/mol. The van der Waals surface area contributed by atoms with Crippen molar-refractivity contribution in [1.29, 1.82) is 0 Å². The van der Waals surface area contributed by atoms with Crippen LogP contribution in [0.3, 0.4) is 0 Å². The summed E-state index contributed by atoms with van der Waals surface area (Å²) in [6, 6.07) is 7.53. The zero-order valence-corrected chi connectivity index (χ0v) is 19.4. The molecule has 1 aliphatic rings. The number of hydrogen-bond donors (Lipinski definition) is 1. The van der Waals surface area contributed by atoms with E-state index in [1.54, 1.807) is 23.1 Å². The lowest BCUT2D eigenvalue weighted by molar-refractivity contribution is -0.121. The average molecular weight is 475 g/mol. The fraction of sp³-hybridized carbons (Fsp3) is 0.292. The first-order valence-electron chi connectivity index (χ1n) is 11.3. The first-order chi connectivity index (χ1) is 16.5. The fourth-order valence-electron chi connectivity index (χ4n) is 4.22. The predicted octanol–water partition coefficient (Wildman–Crippen LogP) is 3.57. The van der Waals surface area contributed by atoms with Gasteiger partial charge < -0.3 is 14.1 Å². The first-order valence-corrected chi connectivity index (χ1v) is 11.7. The van der Waals surface area contributed by atoms with Gasteiger partial charge in [-0.1, -0.05) is 22.9 Å². The van der Waals surface area contributed by atoms with Gasteiger partial charge in [-0.05, 0) is 49.4 Å². The highest BCUT2D eigenvalue weighted by Gasteiger charge is 2.24. The van der Waals surface area contributed by atoms with Crippen LogP contribution in [0.5, 0.6) is 0 Å². The van der Waals surface area contributed by atoms with E-state index in [1.165, 1.54) is 18.4 Å². The lowest BCUT2D eigenvalue weighted by Gasteiger charge is -2.10. The van der Waals surface area contributed by atoms with Crippen molar-refractivity contribution < 1.29 is 4.79 Å². The summed E-state index contributed by atoms with van der Waals surface area (Å²) in [5.41, 5.74) is 5.38. The molecule has 5 heterocycles. The maximum Gasteiger partial charge on any atom is 0.226 e. The highest BCUT2D eigenvalue weighted by atomic mass is 35.5. The lowest BCUT2D eigenvalue weighted by Crippen LogP contribution is -2.28. The lowest BCUT2D eigenvalue weighted by atomic mass is 10.2. The fourth-order valence-corrected chi connectivity index (χ4v) is 4.38. The first kappa shape index (κ1) is 20.9. The van der Waals surface area contributed by atoms with Crippen LogP contribution < -0.4 is 5.32 Å². The summed E-state index contributed by atoms with van der Waals surface area (Å²) >= 11 is 6.09. The molecule has 0 radical (unpaired) electrons. The van der Waals surface area contributed by atoms with E-state index in [9.17, 15) is 4.79 Å². The quantitative estimate of drug-likeness (QED) is 0.389. The van der Waals surface area contributed by atoms with E-state index in [1.807, 2.05) is 29.9 Å². The maximum atomic E-state index is 12.6. The Kier molecular flexibility index (Phi) is 5.06. The van der Waals surface area contributed by atoms with Crippen molar-refractivity contribution in [3.63, 3.8) is 0 Å². The molecule has 0 bridgehead atoms. The van der Waals surface area contributed by atoms with Crippen LogP contribution >= 0.6 is 11.6 Å². The Morgan fingerprint density at radius 2 is 2.09 bits per heavy atom. The molecule has 0 saturated heterocycles. The molecule has 9 nitrogen and oxygen atoms in total. The van der Waals surface area contributed by atoms with Gasteiger partial charge in [-0.2, -0.15) is 0 Å². The minimum atomic E-state index is -0.291. The van der Waals surface area contributed by atoms with Crippen LogP contribution in [-0.4, -0.2) is 39.7 Å². The van der Waals surface area contributed by atoms with Gasteiger partial charge in [0.25, 0.3) is 0 Å². The van der Waals surface area contributed by atoms with Gasteiger partial charge in [0.1, 0.15) is 11.3 Å². The summed E-state index contributed by atoms with van der Waals surface area (Å²) in [5, 5.41) is 12.1. The topological polar surface area (TPSA) is 94.4 Å². The molecule has 1 fully saturated rings. The normalized spacial score (nSPS) is 14.6. The molecule has 10 heteroatoms. The highest BCUT2D eigenvalue weighted by Crippen LogP contribution is 2.39. The highest BCUT2D eigenvalue weighted by molar-refractivity contribution is 6.30. The van der Waals surface area contributed by atoms with Gasteiger partial charge in [0.05, 0.1) is 48.4 Å². The number of nitrogens with one attached hydrogen (secondary N) is 1. The number of aromatic nitrogens is 7. The maximum absolute atomic E-state index is 12.6. The average Bonchev–Trinajstić information content (AvgIpc) is 3.24. The molecule has 1 N–H and O–H groups in total. The number of carbonyl (C=O) groups is 1. The molecule has 0 aliphatic heterocycles. The van der Waals surface area contributed by atoms with Gasteiger partial charge in [-0.25, -0.2) is 14.6 Å².